The van der Waals surface area contributed by atoms with Gasteiger partial charge in [-0.2, -0.15) is 13.2 Å². The average molecular weight is 423 g/mol. The number of carbonyl (C=O) groups excluding carboxylic acids is 2. The lowest BCUT2D eigenvalue weighted by Crippen LogP contribution is -2.53. The minimum absolute atomic E-state index is 0.00961. The van der Waals surface area contributed by atoms with Crippen LogP contribution in [-0.4, -0.2) is 66.9 Å². The molecule has 0 radical (unpaired) electrons. The van der Waals surface area contributed by atoms with Crippen LogP contribution in [0.4, 0.5) is 22.8 Å². The number of ether oxygens (including phenoxy) is 1. The highest BCUT2D eigenvalue weighted by Gasteiger charge is 2.64. The van der Waals surface area contributed by atoms with Crippen molar-refractivity contribution in [2.45, 2.75) is 42.8 Å². The molecule has 3 amide bonds. The first kappa shape index (κ1) is 19.5. The van der Waals surface area contributed by atoms with E-state index in [0.717, 1.165) is 12.0 Å². The summed E-state index contributed by atoms with van der Waals surface area (Å²) in [5.41, 5.74) is -0.327. The van der Waals surface area contributed by atoms with Crippen molar-refractivity contribution in [2.75, 3.05) is 32.8 Å². The highest BCUT2D eigenvalue weighted by Crippen LogP contribution is 2.58. The van der Waals surface area contributed by atoms with Crippen LogP contribution in [0.3, 0.4) is 0 Å². The molecule has 2 atom stereocenters. The smallest absolute Gasteiger partial charge is 0.407 e. The molecule has 1 saturated carbocycles. The molecule has 4 fully saturated rings. The van der Waals surface area contributed by atoms with Crippen LogP contribution in [0.5, 0.6) is 0 Å². The van der Waals surface area contributed by atoms with E-state index >= 15 is 0 Å². The van der Waals surface area contributed by atoms with Gasteiger partial charge in [-0.3, -0.25) is 0 Å². The molecule has 6 nitrogen and oxygen atoms in total. The van der Waals surface area contributed by atoms with Crippen LogP contribution in [0.15, 0.2) is 24.3 Å². The number of alkyl carbamates (subject to hydrolysis) is 1. The zero-order chi connectivity index (χ0) is 21.1. The van der Waals surface area contributed by atoms with Crippen molar-refractivity contribution in [3.05, 3.63) is 35.4 Å². The van der Waals surface area contributed by atoms with Gasteiger partial charge in [-0.15, -0.1) is 0 Å². The summed E-state index contributed by atoms with van der Waals surface area (Å²) in [5.74, 6) is 0.360. The second kappa shape index (κ2) is 6.78. The largest absolute Gasteiger partial charge is 0.447 e. The van der Waals surface area contributed by atoms with Crippen LogP contribution in [-0.2, 0) is 10.2 Å². The summed E-state index contributed by atoms with van der Waals surface area (Å²) in [6.07, 6.45) is -3.44. The van der Waals surface area contributed by atoms with Crippen LogP contribution in [0.25, 0.3) is 0 Å². The number of halogens is 3. The van der Waals surface area contributed by atoms with E-state index in [9.17, 15) is 22.8 Å². The molecule has 3 saturated heterocycles. The predicted octanol–water partition coefficient (Wildman–Crippen LogP) is 3.23. The number of alkyl halides is 3. The van der Waals surface area contributed by atoms with Gasteiger partial charge in [-0.05, 0) is 30.4 Å². The summed E-state index contributed by atoms with van der Waals surface area (Å²) in [6.45, 7) is 2.76. The fraction of sp³-hybridized carbons (Fsp3) is 0.619. The van der Waals surface area contributed by atoms with E-state index < -0.39 is 17.7 Å². The number of hydrogen-bond donors (Lipinski definition) is 1. The van der Waals surface area contributed by atoms with Gasteiger partial charge in [0, 0.05) is 38.0 Å². The van der Waals surface area contributed by atoms with Crippen molar-refractivity contribution >= 4 is 12.1 Å². The number of amides is 3. The molecule has 162 valence electrons. The minimum atomic E-state index is -4.20. The van der Waals surface area contributed by atoms with E-state index in [2.05, 4.69) is 5.32 Å². The van der Waals surface area contributed by atoms with Crippen LogP contribution in [0, 0.1) is 5.92 Å². The van der Waals surface area contributed by atoms with Crippen molar-refractivity contribution < 1.29 is 27.5 Å². The topological polar surface area (TPSA) is 61.9 Å². The number of hydrogen-bond acceptors (Lipinski definition) is 3. The van der Waals surface area contributed by atoms with E-state index in [-0.39, 0.29) is 36.8 Å². The lowest BCUT2D eigenvalue weighted by molar-refractivity contribution is -0.160. The van der Waals surface area contributed by atoms with Crippen molar-refractivity contribution in [1.82, 2.24) is 15.1 Å². The Morgan fingerprint density at radius 3 is 2.37 bits per heavy atom. The number of nitrogens with one attached hydrogen (secondary N) is 1. The average Bonchev–Trinajstić information content (AvgIpc) is 3.15. The number of rotatable bonds is 3. The Bertz CT molecular complexity index is 847. The second-order valence-electron chi connectivity index (χ2n) is 8.93. The molecule has 1 N–H and O–H groups in total. The molecule has 9 heteroatoms. The molecule has 0 aromatic heterocycles. The molecular weight excluding hydrogens is 399 g/mol. The fourth-order valence-electron chi connectivity index (χ4n) is 4.92. The van der Waals surface area contributed by atoms with Gasteiger partial charge in [0.05, 0.1) is 11.5 Å². The highest BCUT2D eigenvalue weighted by molar-refractivity contribution is 5.76. The van der Waals surface area contributed by atoms with Gasteiger partial charge in [-0.25, -0.2) is 9.59 Å². The Kier molecular flexibility index (Phi) is 4.41. The fourth-order valence-corrected chi connectivity index (χ4v) is 4.92. The number of likely N-dealkylation sites (tertiary alicyclic amines) is 2. The predicted molar refractivity (Wildman–Crippen MR) is 101 cm³/mol. The molecule has 30 heavy (non-hydrogen) atoms. The summed E-state index contributed by atoms with van der Waals surface area (Å²) in [7, 11) is 0. The van der Waals surface area contributed by atoms with E-state index in [4.69, 9.17) is 4.74 Å². The first-order valence-corrected chi connectivity index (χ1v) is 10.4. The van der Waals surface area contributed by atoms with Crippen molar-refractivity contribution in [1.29, 1.82) is 0 Å². The van der Waals surface area contributed by atoms with Gasteiger partial charge >= 0.3 is 18.3 Å². The third-order valence-electron chi connectivity index (χ3n) is 7.14. The van der Waals surface area contributed by atoms with Gasteiger partial charge in [0.25, 0.3) is 0 Å². The standard InChI is InChI=1S/C21H24F3N3O3/c22-21(23,24)20(6-7-20)16-3-1-13(2-4-16)15-10-27(11-15)19(29)26-8-5-14(9-26)17-12-30-18(28)25-17/h1-4,14-15,17H,5-12H2,(H,25,28). The number of nitrogens with zero attached hydrogens (tertiary/aromatic N) is 2. The lowest BCUT2D eigenvalue weighted by Gasteiger charge is -2.41. The first-order valence-electron chi connectivity index (χ1n) is 10.4. The summed E-state index contributed by atoms with van der Waals surface area (Å²) >= 11 is 0. The van der Waals surface area contributed by atoms with Gasteiger partial charge in [0.15, 0.2) is 0 Å². The van der Waals surface area contributed by atoms with E-state index in [1.54, 1.807) is 29.2 Å². The van der Waals surface area contributed by atoms with Crippen LogP contribution in [0.1, 0.15) is 36.3 Å². The first-order chi connectivity index (χ1) is 14.3. The Balaban J connectivity index is 1.14. The molecule has 3 heterocycles. The van der Waals surface area contributed by atoms with Gasteiger partial charge in [-0.1, -0.05) is 24.3 Å². The minimum Gasteiger partial charge on any atom is -0.447 e. The molecule has 4 aliphatic rings. The quantitative estimate of drug-likeness (QED) is 0.812. The monoisotopic (exact) mass is 423 g/mol. The van der Waals surface area contributed by atoms with Crippen molar-refractivity contribution in [2.24, 2.45) is 5.92 Å². The Labute approximate surface area is 172 Å². The normalized spacial score (nSPS) is 28.2. The van der Waals surface area contributed by atoms with E-state index in [0.29, 0.717) is 38.3 Å². The molecule has 3 aliphatic heterocycles. The summed E-state index contributed by atoms with van der Waals surface area (Å²) in [5, 5.41) is 2.79. The highest BCUT2D eigenvalue weighted by atomic mass is 19.4. The van der Waals surface area contributed by atoms with Gasteiger partial charge in [0.1, 0.15) is 6.61 Å². The number of benzene rings is 1. The molecule has 0 bridgehead atoms. The lowest BCUT2D eigenvalue weighted by atomic mass is 9.88. The summed E-state index contributed by atoms with van der Waals surface area (Å²) in [6, 6.07) is 6.71. The van der Waals surface area contributed by atoms with Crippen LogP contribution >= 0.6 is 0 Å². The SMILES string of the molecule is O=C1NC(C2CCN(C(=O)N3CC(c4ccc(C5(C(F)(F)F)CC5)cc4)C3)C2)CO1. The molecule has 1 aromatic rings. The Morgan fingerprint density at radius 1 is 1.10 bits per heavy atom. The number of carbonyl (C=O) groups is 2. The Hall–Kier alpha value is -2.45. The van der Waals surface area contributed by atoms with Crippen molar-refractivity contribution in [3.8, 4) is 0 Å². The molecule has 2 unspecified atom stereocenters. The third-order valence-corrected chi connectivity index (χ3v) is 7.14. The zero-order valence-corrected chi connectivity index (χ0v) is 16.5. The van der Waals surface area contributed by atoms with Crippen molar-refractivity contribution in [3.63, 3.8) is 0 Å². The maximum atomic E-state index is 13.3. The molecule has 0 spiro atoms. The Morgan fingerprint density at radius 2 is 1.80 bits per heavy atom. The van der Waals surface area contributed by atoms with Gasteiger partial charge < -0.3 is 19.9 Å². The van der Waals surface area contributed by atoms with Crippen LogP contribution < -0.4 is 5.32 Å². The number of cyclic esters (lactones) is 1. The molecule has 5 rings (SSSR count). The molecular formula is C21H24F3N3O3. The molecule has 1 aliphatic carbocycles. The molecule has 1 aromatic carbocycles. The van der Waals surface area contributed by atoms with Crippen LogP contribution in [0.2, 0.25) is 0 Å². The second-order valence-corrected chi connectivity index (χ2v) is 8.93. The maximum Gasteiger partial charge on any atom is 0.407 e. The summed E-state index contributed by atoms with van der Waals surface area (Å²) < 4.78 is 44.8. The van der Waals surface area contributed by atoms with E-state index in [1.165, 1.54) is 0 Å². The van der Waals surface area contributed by atoms with E-state index in [1.807, 2.05) is 4.90 Å². The zero-order valence-electron chi connectivity index (χ0n) is 16.5. The number of urea groups is 1. The van der Waals surface area contributed by atoms with Gasteiger partial charge in [0.2, 0.25) is 0 Å². The summed E-state index contributed by atoms with van der Waals surface area (Å²) in [4.78, 5) is 27.5. The third kappa shape index (κ3) is 3.18. The maximum absolute atomic E-state index is 13.3.